The van der Waals surface area contributed by atoms with Gasteiger partial charge in [-0.15, -0.1) is 0 Å². The summed E-state index contributed by atoms with van der Waals surface area (Å²) >= 11 is 0. The standard InChI is InChI=1S/C45H30N4/c1-4-14-31(15-5-1)32-24-26-33(27-25-32)36-28-29-42(49-40-22-12-10-20-37(40)38-21-11-13-23-41(38)49)39(30-36)45-47-43(34-16-6-2-7-17-34)46-44(48-45)35-18-8-3-9-19-35/h1-30H/i1D,4D,5D,10D,11D,12D,13D,14D,15D,20D,21D,22D,23D,24D,25D,26D,27D. The van der Waals surface area contributed by atoms with Crippen LogP contribution in [0.5, 0.6) is 0 Å². The molecule has 0 radical (unpaired) electrons. The molecule has 0 saturated carbocycles. The summed E-state index contributed by atoms with van der Waals surface area (Å²) in [6.07, 6.45) is 0. The maximum Gasteiger partial charge on any atom is 0.166 e. The smallest absolute Gasteiger partial charge is 0.166 e. The molecule has 0 N–H and O–H groups in total. The van der Waals surface area contributed by atoms with Crippen LogP contribution in [0.3, 0.4) is 0 Å². The van der Waals surface area contributed by atoms with Gasteiger partial charge in [-0.3, -0.25) is 0 Å². The zero-order chi connectivity index (χ0) is 47.4. The number of hydrogen-bond donors (Lipinski definition) is 0. The van der Waals surface area contributed by atoms with Gasteiger partial charge in [0.2, 0.25) is 0 Å². The van der Waals surface area contributed by atoms with Crippen LogP contribution in [0, 0.1) is 0 Å². The van der Waals surface area contributed by atoms with Crippen molar-refractivity contribution in [2.24, 2.45) is 0 Å². The molecule has 0 amide bonds. The Balaban J connectivity index is 1.44. The van der Waals surface area contributed by atoms with E-state index in [2.05, 4.69) is 0 Å². The fourth-order valence-electron chi connectivity index (χ4n) is 5.61. The second-order valence-electron chi connectivity index (χ2n) is 10.8. The molecule has 230 valence electrons. The lowest BCUT2D eigenvalue weighted by molar-refractivity contribution is 1.06. The van der Waals surface area contributed by atoms with Gasteiger partial charge in [0.15, 0.2) is 17.5 Å². The zero-order valence-electron chi connectivity index (χ0n) is 42.3. The van der Waals surface area contributed by atoms with Gasteiger partial charge in [-0.05, 0) is 46.5 Å². The van der Waals surface area contributed by atoms with E-state index >= 15 is 0 Å². The van der Waals surface area contributed by atoms with Crippen LogP contribution in [-0.2, 0) is 0 Å². The minimum Gasteiger partial charge on any atom is -0.309 e. The Kier molecular flexibility index (Phi) is 3.97. The molecule has 2 heterocycles. The molecule has 49 heavy (non-hydrogen) atoms. The number of rotatable bonds is 6. The van der Waals surface area contributed by atoms with E-state index in [9.17, 15) is 5.48 Å². The SMILES string of the molecule is [2H]c1c([2H])c([2H])c(-c2c([2H])c([2H])c(-c3ccc(-n4c5c([2H])c([2H])c([2H])c([2H])c5c5c([2H])c([2H])c([2H])c([2H])c54)c(-c4nc(-c5ccccc5)nc(-c5ccccc5)n4)c3)c([2H])c2[2H])c([2H])c1[2H]. The Morgan fingerprint density at radius 2 is 0.857 bits per heavy atom. The molecule has 0 fully saturated rings. The van der Waals surface area contributed by atoms with E-state index in [4.69, 9.17) is 32.8 Å². The normalized spacial score (nSPS) is 16.1. The number of fused-ring (bicyclic) bond motifs is 3. The molecule has 4 nitrogen and oxygen atoms in total. The molecular formula is C45H30N4. The van der Waals surface area contributed by atoms with Crippen LogP contribution in [0.15, 0.2) is 182 Å². The third kappa shape index (κ3) is 5.26. The Bertz CT molecular complexity index is 3370. The molecule has 9 rings (SSSR count). The van der Waals surface area contributed by atoms with Gasteiger partial charge in [-0.2, -0.15) is 0 Å². The number of benzene rings is 7. The molecule has 0 aliphatic carbocycles. The number of para-hydroxylation sites is 2. The zero-order valence-corrected chi connectivity index (χ0v) is 25.3. The molecule has 4 heteroatoms. The first-order valence-corrected chi connectivity index (χ1v) is 15.1. The van der Waals surface area contributed by atoms with Crippen molar-refractivity contribution in [3.05, 3.63) is 182 Å². The highest BCUT2D eigenvalue weighted by molar-refractivity contribution is 6.09. The third-order valence-corrected chi connectivity index (χ3v) is 7.87. The predicted molar refractivity (Wildman–Crippen MR) is 201 cm³/mol. The summed E-state index contributed by atoms with van der Waals surface area (Å²) in [7, 11) is 0. The number of nitrogens with zero attached hydrogens (tertiary/aromatic N) is 4. The van der Waals surface area contributed by atoms with Crippen molar-refractivity contribution in [3.63, 3.8) is 0 Å². The highest BCUT2D eigenvalue weighted by Gasteiger charge is 2.20. The monoisotopic (exact) mass is 643 g/mol. The van der Waals surface area contributed by atoms with Gasteiger partial charge in [0.25, 0.3) is 0 Å². The van der Waals surface area contributed by atoms with E-state index in [1.165, 1.54) is 22.8 Å². The van der Waals surface area contributed by atoms with Crippen LogP contribution < -0.4 is 0 Å². The highest BCUT2D eigenvalue weighted by Crippen LogP contribution is 2.38. The van der Waals surface area contributed by atoms with E-state index in [0.29, 0.717) is 11.1 Å². The van der Waals surface area contributed by atoms with Crippen LogP contribution in [0.1, 0.15) is 23.3 Å². The average molecular weight is 644 g/mol. The van der Waals surface area contributed by atoms with E-state index in [-0.39, 0.29) is 61.7 Å². The highest BCUT2D eigenvalue weighted by atomic mass is 15.1. The van der Waals surface area contributed by atoms with Crippen molar-refractivity contribution < 1.29 is 23.3 Å². The van der Waals surface area contributed by atoms with Crippen molar-refractivity contribution in [1.29, 1.82) is 0 Å². The van der Waals surface area contributed by atoms with Crippen LogP contribution in [0.2, 0.25) is 0 Å². The minimum atomic E-state index is -0.728. The van der Waals surface area contributed by atoms with Gasteiger partial charge in [-0.1, -0.05) is 157 Å². The lowest BCUT2D eigenvalue weighted by Crippen LogP contribution is -2.04. The molecule has 0 aliphatic heterocycles. The molecule has 7 aromatic carbocycles. The van der Waals surface area contributed by atoms with E-state index < -0.39 is 114 Å². The summed E-state index contributed by atoms with van der Waals surface area (Å²) in [5.41, 5.74) is -0.487. The van der Waals surface area contributed by atoms with Gasteiger partial charge in [-0.25, -0.2) is 15.0 Å². The summed E-state index contributed by atoms with van der Waals surface area (Å²) in [6, 6.07) is 11.0. The van der Waals surface area contributed by atoms with Crippen molar-refractivity contribution in [1.82, 2.24) is 19.5 Å². The molecule has 0 unspecified atom stereocenters. The lowest BCUT2D eigenvalue weighted by atomic mass is 9.98. The number of aromatic nitrogens is 4. The Morgan fingerprint density at radius 1 is 0.388 bits per heavy atom. The fourth-order valence-corrected chi connectivity index (χ4v) is 5.61. The lowest BCUT2D eigenvalue weighted by Gasteiger charge is -2.16. The van der Waals surface area contributed by atoms with E-state index in [1.807, 2.05) is 0 Å². The average Bonchev–Trinajstić information content (AvgIpc) is 3.70. The van der Waals surface area contributed by atoms with Crippen molar-refractivity contribution in [2.45, 2.75) is 0 Å². The predicted octanol–water partition coefficient (Wildman–Crippen LogP) is 11.3. The molecule has 0 aliphatic rings. The van der Waals surface area contributed by atoms with Gasteiger partial charge in [0.05, 0.1) is 40.0 Å². The molecule has 9 aromatic rings. The molecule has 2 aromatic heterocycles. The van der Waals surface area contributed by atoms with Crippen LogP contribution >= 0.6 is 0 Å². The summed E-state index contributed by atoms with van der Waals surface area (Å²) in [5.74, 6) is 0.311. The summed E-state index contributed by atoms with van der Waals surface area (Å²) in [6.45, 7) is 0. The minimum absolute atomic E-state index is 0.0315. The van der Waals surface area contributed by atoms with Gasteiger partial charge >= 0.3 is 0 Å². The molecule has 0 saturated heterocycles. The van der Waals surface area contributed by atoms with Crippen molar-refractivity contribution >= 4 is 21.8 Å². The Labute approximate surface area is 308 Å². The second kappa shape index (κ2) is 12.2. The molecule has 0 bridgehead atoms. The van der Waals surface area contributed by atoms with Crippen LogP contribution in [-0.4, -0.2) is 19.5 Å². The summed E-state index contributed by atoms with van der Waals surface area (Å²) < 4.78 is 150. The second-order valence-corrected chi connectivity index (χ2v) is 10.8. The first-order chi connectivity index (χ1) is 31.4. The van der Waals surface area contributed by atoms with Crippen LogP contribution in [0.4, 0.5) is 0 Å². The van der Waals surface area contributed by atoms with E-state index in [0.717, 1.165) is 0 Å². The maximum absolute atomic E-state index is 9.26. The quantitative estimate of drug-likeness (QED) is 0.181. The topological polar surface area (TPSA) is 43.6 Å². The fraction of sp³-hybridized carbons (Fsp3) is 0. The first-order valence-electron chi connectivity index (χ1n) is 23.6. The van der Waals surface area contributed by atoms with Gasteiger partial charge in [0, 0.05) is 27.5 Å². The molecule has 0 spiro atoms. The Morgan fingerprint density at radius 3 is 1.43 bits per heavy atom. The van der Waals surface area contributed by atoms with Crippen LogP contribution in [0.25, 0.3) is 83.9 Å². The summed E-state index contributed by atoms with van der Waals surface area (Å²) in [5, 5.41) is -0.377. The summed E-state index contributed by atoms with van der Waals surface area (Å²) in [4.78, 5) is 14.6. The molecular weight excluding hydrogens is 597 g/mol. The van der Waals surface area contributed by atoms with Crippen molar-refractivity contribution in [3.8, 4) is 62.1 Å². The number of hydrogen-bond acceptors (Lipinski definition) is 3. The van der Waals surface area contributed by atoms with Gasteiger partial charge in [0.1, 0.15) is 0 Å². The van der Waals surface area contributed by atoms with E-state index in [1.54, 1.807) is 60.7 Å². The van der Waals surface area contributed by atoms with Gasteiger partial charge < -0.3 is 4.57 Å². The van der Waals surface area contributed by atoms with Crippen molar-refractivity contribution in [2.75, 3.05) is 0 Å². The third-order valence-electron chi connectivity index (χ3n) is 7.87. The largest absolute Gasteiger partial charge is 0.309 e. The Hall–Kier alpha value is -6.65. The molecule has 0 atom stereocenters. The maximum atomic E-state index is 9.26. The first kappa shape index (κ1) is 16.0.